The summed E-state index contributed by atoms with van der Waals surface area (Å²) in [6.07, 6.45) is 0. The van der Waals surface area contributed by atoms with Crippen molar-refractivity contribution < 1.29 is 4.79 Å². The molecule has 1 aromatic carbocycles. The molecule has 0 radical (unpaired) electrons. The average Bonchev–Trinajstić information content (AvgIpc) is 3.27. The number of aryl methyl sites for hydroxylation is 2. The van der Waals surface area contributed by atoms with Gasteiger partial charge in [0.15, 0.2) is 8.68 Å². The Kier molecular flexibility index (Phi) is 7.38. The number of benzene rings is 1. The molecule has 3 N–H and O–H groups in total. The molecular weight excluding hydrogens is 457 g/mol. The Morgan fingerprint density at radius 2 is 1.67 bits per heavy atom. The molecule has 0 spiro atoms. The molecule has 0 saturated carbocycles. The van der Waals surface area contributed by atoms with E-state index in [2.05, 4.69) is 72.5 Å². The van der Waals surface area contributed by atoms with Crippen molar-refractivity contribution >= 4 is 62.4 Å². The van der Waals surface area contributed by atoms with Gasteiger partial charge in [0.25, 0.3) is 0 Å². The molecule has 30 heavy (non-hydrogen) atoms. The first-order valence-corrected chi connectivity index (χ1v) is 12.8. The normalized spacial score (nSPS) is 11.6. The minimum atomic E-state index is -0.161. The lowest BCUT2D eigenvalue weighted by atomic mass is 9.84. The number of carbonyl (C=O) groups is 1. The van der Waals surface area contributed by atoms with Crippen molar-refractivity contribution in [1.29, 1.82) is 0 Å². The summed E-state index contributed by atoms with van der Waals surface area (Å²) in [5, 5.41) is 19.6. The first kappa shape index (κ1) is 23.0. The number of aromatic nitrogens is 4. The quantitative estimate of drug-likeness (QED) is 0.363. The lowest BCUT2D eigenvalue weighted by molar-refractivity contribution is -0.113. The van der Waals surface area contributed by atoms with E-state index in [1.54, 1.807) is 11.8 Å². The third kappa shape index (κ3) is 6.16. The second kappa shape index (κ2) is 9.63. The van der Waals surface area contributed by atoms with Crippen LogP contribution in [0.25, 0.3) is 0 Å². The molecule has 0 saturated heterocycles. The van der Waals surface area contributed by atoms with E-state index in [0.717, 1.165) is 10.1 Å². The summed E-state index contributed by atoms with van der Waals surface area (Å²) < 4.78 is 1.49. The van der Waals surface area contributed by atoms with Crippen LogP contribution < -0.4 is 11.1 Å². The molecule has 160 valence electrons. The molecule has 0 aliphatic heterocycles. The average molecular weight is 481 g/mol. The summed E-state index contributed by atoms with van der Waals surface area (Å²) in [5.74, 6) is 0.875. The van der Waals surface area contributed by atoms with Crippen molar-refractivity contribution in [2.45, 2.75) is 54.5 Å². The highest BCUT2D eigenvalue weighted by molar-refractivity contribution is 8.01. The molecule has 0 atom stereocenters. The van der Waals surface area contributed by atoms with Gasteiger partial charge in [0, 0.05) is 5.75 Å². The third-order valence-corrected chi connectivity index (χ3v) is 8.19. The molecular formula is C19H24N6OS4. The van der Waals surface area contributed by atoms with Crippen LogP contribution in [0, 0.1) is 13.8 Å². The minimum Gasteiger partial charge on any atom is -0.374 e. The van der Waals surface area contributed by atoms with Gasteiger partial charge in [-0.25, -0.2) is 0 Å². The van der Waals surface area contributed by atoms with E-state index in [9.17, 15) is 4.79 Å². The van der Waals surface area contributed by atoms with Crippen LogP contribution in [0.2, 0.25) is 0 Å². The van der Waals surface area contributed by atoms with Gasteiger partial charge in [0.1, 0.15) is 0 Å². The molecule has 11 heteroatoms. The van der Waals surface area contributed by atoms with Crippen LogP contribution in [0.4, 0.5) is 10.3 Å². The minimum absolute atomic E-state index is 0.133. The highest BCUT2D eigenvalue weighted by atomic mass is 32.2. The molecule has 0 aliphatic rings. The molecule has 2 heterocycles. The summed E-state index contributed by atoms with van der Waals surface area (Å²) in [7, 11) is 0. The van der Waals surface area contributed by atoms with E-state index in [0.29, 0.717) is 14.6 Å². The fourth-order valence-electron chi connectivity index (χ4n) is 2.67. The number of hydrogen-bond acceptors (Lipinski definition) is 10. The van der Waals surface area contributed by atoms with E-state index in [1.807, 2.05) is 0 Å². The Morgan fingerprint density at radius 1 is 1.03 bits per heavy atom. The molecule has 2 aromatic heterocycles. The Balaban J connectivity index is 1.55. The van der Waals surface area contributed by atoms with Gasteiger partial charge in [0.2, 0.25) is 16.2 Å². The van der Waals surface area contributed by atoms with Crippen LogP contribution in [-0.4, -0.2) is 32.1 Å². The van der Waals surface area contributed by atoms with Crippen LogP contribution in [0.1, 0.15) is 43.0 Å². The second-order valence-corrected chi connectivity index (χ2v) is 12.2. The zero-order chi connectivity index (χ0) is 21.9. The van der Waals surface area contributed by atoms with Gasteiger partial charge in [-0.3, -0.25) is 10.1 Å². The Labute approximate surface area is 192 Å². The van der Waals surface area contributed by atoms with Gasteiger partial charge in [-0.2, -0.15) is 0 Å². The van der Waals surface area contributed by atoms with E-state index in [4.69, 9.17) is 5.73 Å². The van der Waals surface area contributed by atoms with Crippen LogP contribution >= 0.6 is 46.2 Å². The number of nitrogens with two attached hydrogens (primary N) is 1. The molecule has 3 aromatic rings. The number of hydrogen-bond donors (Lipinski definition) is 2. The van der Waals surface area contributed by atoms with Crippen LogP contribution in [0.3, 0.4) is 0 Å². The van der Waals surface area contributed by atoms with E-state index < -0.39 is 0 Å². The predicted octanol–water partition coefficient (Wildman–Crippen LogP) is 4.91. The predicted molar refractivity (Wildman–Crippen MR) is 128 cm³/mol. The molecule has 3 rings (SSSR count). The fourth-order valence-corrected chi connectivity index (χ4v) is 6.07. The smallest absolute Gasteiger partial charge is 0.236 e. The Hall–Kier alpha value is -1.69. The van der Waals surface area contributed by atoms with Crippen molar-refractivity contribution in [1.82, 2.24) is 20.4 Å². The summed E-state index contributed by atoms with van der Waals surface area (Å²) in [5.41, 5.74) is 10.9. The van der Waals surface area contributed by atoms with Gasteiger partial charge in [-0.15, -0.1) is 20.4 Å². The van der Waals surface area contributed by atoms with E-state index >= 15 is 0 Å². The lowest BCUT2D eigenvalue weighted by Crippen LogP contribution is -2.13. The summed E-state index contributed by atoms with van der Waals surface area (Å²) in [4.78, 5) is 12.1. The van der Waals surface area contributed by atoms with Crippen molar-refractivity contribution in [2.24, 2.45) is 0 Å². The molecule has 0 bridgehead atoms. The van der Waals surface area contributed by atoms with E-state index in [1.165, 1.54) is 56.7 Å². The van der Waals surface area contributed by atoms with Crippen molar-refractivity contribution in [3.8, 4) is 0 Å². The molecule has 0 unspecified atom stereocenters. The number of carbonyl (C=O) groups excluding carboxylic acids is 1. The standard InChI is InChI=1S/C19H24N6OS4/c1-10-6-12(19(3,4)5)7-11(2)13(10)8-27-18-25-23-16(30-18)21-14(26)9-28-17-24-22-15(20)29-17/h6-7H,8-9H2,1-5H3,(H2,20,22)(H,21,23,26). The van der Waals surface area contributed by atoms with Gasteiger partial charge in [-0.1, -0.05) is 79.1 Å². The molecule has 0 fully saturated rings. The summed E-state index contributed by atoms with van der Waals surface area (Å²) in [6, 6.07) is 4.55. The SMILES string of the molecule is Cc1cc(C(C)(C)C)cc(C)c1CSc1nnc(NC(=O)CSc2nnc(N)s2)s1. The second-order valence-electron chi connectivity index (χ2n) is 7.74. The van der Waals surface area contributed by atoms with Crippen LogP contribution in [-0.2, 0) is 16.0 Å². The number of rotatable bonds is 7. The third-order valence-electron chi connectivity index (χ3n) is 4.30. The van der Waals surface area contributed by atoms with Crippen molar-refractivity contribution in [2.75, 3.05) is 16.8 Å². The number of anilines is 2. The summed E-state index contributed by atoms with van der Waals surface area (Å²) >= 11 is 5.57. The lowest BCUT2D eigenvalue weighted by Gasteiger charge is -2.22. The first-order valence-electron chi connectivity index (χ1n) is 9.20. The number of amides is 1. The maximum atomic E-state index is 12.1. The van der Waals surface area contributed by atoms with Crippen molar-refractivity contribution in [3.63, 3.8) is 0 Å². The molecule has 7 nitrogen and oxygen atoms in total. The molecule has 1 amide bonds. The highest BCUT2D eigenvalue weighted by Gasteiger charge is 2.17. The Morgan fingerprint density at radius 3 is 2.27 bits per heavy atom. The first-order chi connectivity index (χ1) is 14.1. The van der Waals surface area contributed by atoms with E-state index in [-0.39, 0.29) is 17.1 Å². The largest absolute Gasteiger partial charge is 0.374 e. The summed E-state index contributed by atoms with van der Waals surface area (Å²) in [6.45, 7) is 11.0. The van der Waals surface area contributed by atoms with Crippen LogP contribution in [0.5, 0.6) is 0 Å². The van der Waals surface area contributed by atoms with Crippen LogP contribution in [0.15, 0.2) is 20.8 Å². The maximum Gasteiger partial charge on any atom is 0.236 e. The fraction of sp³-hybridized carbons (Fsp3) is 0.421. The topological polar surface area (TPSA) is 107 Å². The zero-order valence-electron chi connectivity index (χ0n) is 17.5. The van der Waals surface area contributed by atoms with Gasteiger partial charge < -0.3 is 5.73 Å². The number of nitrogens with one attached hydrogen (secondary N) is 1. The maximum absolute atomic E-state index is 12.1. The zero-order valence-corrected chi connectivity index (χ0v) is 20.7. The number of thioether (sulfide) groups is 2. The monoisotopic (exact) mass is 480 g/mol. The Bertz CT molecular complexity index is 1020. The van der Waals surface area contributed by atoms with Gasteiger partial charge >= 0.3 is 0 Å². The van der Waals surface area contributed by atoms with Gasteiger partial charge in [-0.05, 0) is 41.5 Å². The van der Waals surface area contributed by atoms with Gasteiger partial charge in [0.05, 0.1) is 5.75 Å². The number of nitrogen functional groups attached to an aromatic ring is 1. The van der Waals surface area contributed by atoms with Crippen molar-refractivity contribution in [3.05, 3.63) is 34.4 Å². The number of nitrogens with zero attached hydrogens (tertiary/aromatic N) is 4. The molecule has 0 aliphatic carbocycles. The highest BCUT2D eigenvalue weighted by Crippen LogP contribution is 2.33.